The van der Waals surface area contributed by atoms with Crippen molar-refractivity contribution >= 4 is 27.5 Å². The number of amides is 1. The Kier molecular flexibility index (Phi) is 5.33. The van der Waals surface area contributed by atoms with E-state index in [4.69, 9.17) is 0 Å². The molecule has 0 fully saturated rings. The molecule has 0 saturated heterocycles. The molecular weight excluding hydrogens is 335 g/mol. The molecule has 0 heterocycles. The molecule has 21 heavy (non-hydrogen) atoms. The van der Waals surface area contributed by atoms with E-state index < -0.39 is 0 Å². The first-order valence-electron chi connectivity index (χ1n) is 6.59. The van der Waals surface area contributed by atoms with E-state index in [9.17, 15) is 9.18 Å². The maximum absolute atomic E-state index is 12.8. The van der Waals surface area contributed by atoms with Crippen LogP contribution in [0.3, 0.4) is 0 Å². The van der Waals surface area contributed by atoms with Crippen molar-refractivity contribution < 1.29 is 9.18 Å². The van der Waals surface area contributed by atoms with E-state index in [2.05, 4.69) is 26.6 Å². The first-order chi connectivity index (χ1) is 10.0. The average Bonchev–Trinajstić information content (AvgIpc) is 2.48. The Morgan fingerprint density at radius 3 is 2.38 bits per heavy atom. The van der Waals surface area contributed by atoms with Crippen LogP contribution in [-0.4, -0.2) is 11.9 Å². The van der Waals surface area contributed by atoms with Crippen molar-refractivity contribution in [2.45, 2.75) is 19.5 Å². The van der Waals surface area contributed by atoms with Crippen molar-refractivity contribution in [3.8, 4) is 0 Å². The maximum Gasteiger partial charge on any atom is 0.242 e. The first kappa shape index (κ1) is 15.5. The molecule has 2 N–H and O–H groups in total. The summed E-state index contributed by atoms with van der Waals surface area (Å²) in [6.07, 6.45) is 0. The monoisotopic (exact) mass is 350 g/mol. The molecule has 0 saturated carbocycles. The normalized spacial score (nSPS) is 11.8. The molecule has 1 amide bonds. The van der Waals surface area contributed by atoms with E-state index in [1.54, 1.807) is 19.1 Å². The zero-order valence-corrected chi connectivity index (χ0v) is 13.2. The van der Waals surface area contributed by atoms with Crippen molar-refractivity contribution in [1.82, 2.24) is 5.32 Å². The summed E-state index contributed by atoms with van der Waals surface area (Å²) >= 11 is 3.36. The molecule has 0 aliphatic heterocycles. The predicted octanol–water partition coefficient (Wildman–Crippen LogP) is 3.71. The smallest absolute Gasteiger partial charge is 0.242 e. The topological polar surface area (TPSA) is 41.1 Å². The lowest BCUT2D eigenvalue weighted by molar-refractivity contribution is -0.121. The highest BCUT2D eigenvalue weighted by Crippen LogP contribution is 2.14. The van der Waals surface area contributed by atoms with Gasteiger partial charge in [0.2, 0.25) is 5.91 Å². The van der Waals surface area contributed by atoms with E-state index in [-0.39, 0.29) is 17.8 Å². The van der Waals surface area contributed by atoms with Gasteiger partial charge in [0.15, 0.2) is 0 Å². The second-order valence-corrected chi connectivity index (χ2v) is 5.63. The van der Waals surface area contributed by atoms with Crippen molar-refractivity contribution in [3.63, 3.8) is 0 Å². The molecule has 1 unspecified atom stereocenters. The van der Waals surface area contributed by atoms with Gasteiger partial charge in [-0.05, 0) is 48.9 Å². The SMILES string of the molecule is CC(Nc1ccc(Br)cc1)C(=O)NCc1ccc(F)cc1. The van der Waals surface area contributed by atoms with Crippen LogP contribution >= 0.6 is 15.9 Å². The summed E-state index contributed by atoms with van der Waals surface area (Å²) in [5, 5.41) is 5.94. The number of hydrogen-bond donors (Lipinski definition) is 2. The van der Waals surface area contributed by atoms with Crippen LogP contribution in [0.15, 0.2) is 53.0 Å². The summed E-state index contributed by atoms with van der Waals surface area (Å²) in [6, 6.07) is 13.3. The number of nitrogens with one attached hydrogen (secondary N) is 2. The van der Waals surface area contributed by atoms with Crippen LogP contribution in [0.1, 0.15) is 12.5 Å². The highest BCUT2D eigenvalue weighted by atomic mass is 79.9. The fourth-order valence-corrected chi connectivity index (χ4v) is 2.07. The molecular formula is C16H16BrFN2O. The van der Waals surface area contributed by atoms with Gasteiger partial charge in [-0.1, -0.05) is 28.1 Å². The Labute approximate surface area is 131 Å². The molecule has 0 radical (unpaired) electrons. The van der Waals surface area contributed by atoms with Crippen molar-refractivity contribution in [2.24, 2.45) is 0 Å². The van der Waals surface area contributed by atoms with Gasteiger partial charge in [-0.15, -0.1) is 0 Å². The fourth-order valence-electron chi connectivity index (χ4n) is 1.81. The van der Waals surface area contributed by atoms with Gasteiger partial charge in [0, 0.05) is 16.7 Å². The molecule has 0 aromatic heterocycles. The molecule has 3 nitrogen and oxygen atoms in total. The number of hydrogen-bond acceptors (Lipinski definition) is 2. The van der Waals surface area contributed by atoms with Crippen LogP contribution in [-0.2, 0) is 11.3 Å². The third-order valence-electron chi connectivity index (χ3n) is 3.00. The minimum Gasteiger partial charge on any atom is -0.374 e. The maximum atomic E-state index is 12.8. The van der Waals surface area contributed by atoms with E-state index in [1.165, 1.54) is 12.1 Å². The summed E-state index contributed by atoms with van der Waals surface area (Å²) in [6.45, 7) is 2.17. The lowest BCUT2D eigenvalue weighted by atomic mass is 10.2. The Morgan fingerprint density at radius 1 is 1.14 bits per heavy atom. The highest BCUT2D eigenvalue weighted by Gasteiger charge is 2.11. The number of carbonyl (C=O) groups is 1. The van der Waals surface area contributed by atoms with Crippen LogP contribution in [0, 0.1) is 5.82 Å². The van der Waals surface area contributed by atoms with E-state index in [0.717, 1.165) is 15.7 Å². The zero-order valence-electron chi connectivity index (χ0n) is 11.6. The molecule has 1 atom stereocenters. The van der Waals surface area contributed by atoms with E-state index >= 15 is 0 Å². The summed E-state index contributed by atoms with van der Waals surface area (Å²) in [7, 11) is 0. The molecule has 0 aliphatic rings. The molecule has 0 spiro atoms. The zero-order chi connectivity index (χ0) is 15.2. The fraction of sp³-hybridized carbons (Fsp3) is 0.188. The van der Waals surface area contributed by atoms with Crippen LogP contribution in [0.5, 0.6) is 0 Å². The third kappa shape index (κ3) is 4.86. The standard InChI is InChI=1S/C16H16BrFN2O/c1-11(20-15-8-4-13(17)5-9-15)16(21)19-10-12-2-6-14(18)7-3-12/h2-9,11,20H,10H2,1H3,(H,19,21). The average molecular weight is 351 g/mol. The van der Waals surface area contributed by atoms with Gasteiger partial charge in [-0.3, -0.25) is 4.79 Å². The van der Waals surface area contributed by atoms with Crippen LogP contribution in [0.4, 0.5) is 10.1 Å². The van der Waals surface area contributed by atoms with Gasteiger partial charge in [0.25, 0.3) is 0 Å². The van der Waals surface area contributed by atoms with Gasteiger partial charge >= 0.3 is 0 Å². The summed E-state index contributed by atoms with van der Waals surface area (Å²) in [4.78, 5) is 12.0. The van der Waals surface area contributed by atoms with E-state index in [1.807, 2.05) is 24.3 Å². The van der Waals surface area contributed by atoms with Crippen LogP contribution < -0.4 is 10.6 Å². The van der Waals surface area contributed by atoms with Crippen molar-refractivity contribution in [2.75, 3.05) is 5.32 Å². The number of rotatable bonds is 5. The summed E-state index contributed by atoms with van der Waals surface area (Å²) in [5.74, 6) is -0.391. The quantitative estimate of drug-likeness (QED) is 0.862. The van der Waals surface area contributed by atoms with Gasteiger partial charge in [0.05, 0.1) is 0 Å². The summed E-state index contributed by atoms with van der Waals surface area (Å²) < 4.78 is 13.8. The Bertz CT molecular complexity index is 599. The molecule has 110 valence electrons. The predicted molar refractivity (Wildman–Crippen MR) is 85.5 cm³/mol. The van der Waals surface area contributed by atoms with Gasteiger partial charge in [-0.25, -0.2) is 4.39 Å². The van der Waals surface area contributed by atoms with Gasteiger partial charge < -0.3 is 10.6 Å². The van der Waals surface area contributed by atoms with Crippen LogP contribution in [0.25, 0.3) is 0 Å². The molecule has 2 aromatic rings. The molecule has 2 aromatic carbocycles. The van der Waals surface area contributed by atoms with E-state index in [0.29, 0.717) is 6.54 Å². The number of benzene rings is 2. The molecule has 0 aliphatic carbocycles. The van der Waals surface area contributed by atoms with Crippen LogP contribution in [0.2, 0.25) is 0 Å². The Balaban J connectivity index is 1.84. The van der Waals surface area contributed by atoms with Gasteiger partial charge in [0.1, 0.15) is 11.9 Å². The second-order valence-electron chi connectivity index (χ2n) is 4.72. The minimum absolute atomic E-state index is 0.109. The van der Waals surface area contributed by atoms with Crippen molar-refractivity contribution in [3.05, 3.63) is 64.4 Å². The number of anilines is 1. The first-order valence-corrected chi connectivity index (χ1v) is 7.38. The molecule has 5 heteroatoms. The molecule has 2 rings (SSSR count). The lowest BCUT2D eigenvalue weighted by Gasteiger charge is -2.15. The Morgan fingerprint density at radius 2 is 1.76 bits per heavy atom. The number of halogens is 2. The van der Waals surface area contributed by atoms with Gasteiger partial charge in [-0.2, -0.15) is 0 Å². The highest BCUT2D eigenvalue weighted by molar-refractivity contribution is 9.10. The minimum atomic E-state index is -0.355. The molecule has 0 bridgehead atoms. The summed E-state index contributed by atoms with van der Waals surface area (Å²) in [5.41, 5.74) is 1.74. The second kappa shape index (κ2) is 7.22. The Hall–Kier alpha value is -1.88. The third-order valence-corrected chi connectivity index (χ3v) is 3.53. The number of carbonyl (C=O) groups excluding carboxylic acids is 1. The van der Waals surface area contributed by atoms with Crippen molar-refractivity contribution in [1.29, 1.82) is 0 Å². The largest absolute Gasteiger partial charge is 0.374 e. The lowest BCUT2D eigenvalue weighted by Crippen LogP contribution is -2.37.